The summed E-state index contributed by atoms with van der Waals surface area (Å²) in [6.45, 7) is 1.84. The van der Waals surface area contributed by atoms with Crippen LogP contribution in [0.4, 0.5) is 5.69 Å². The van der Waals surface area contributed by atoms with Gasteiger partial charge < -0.3 is 10.3 Å². The van der Waals surface area contributed by atoms with Crippen LogP contribution in [0.25, 0.3) is 22.5 Å². The van der Waals surface area contributed by atoms with E-state index in [2.05, 4.69) is 10.3 Å². The fraction of sp³-hybridized carbons (Fsp3) is 0.0833. The van der Waals surface area contributed by atoms with Crippen molar-refractivity contribution in [3.63, 3.8) is 0 Å². The molecule has 7 heteroatoms. The van der Waals surface area contributed by atoms with E-state index in [4.69, 9.17) is 28.2 Å². The monoisotopic (exact) mass is 467 g/mol. The summed E-state index contributed by atoms with van der Waals surface area (Å²) in [4.78, 5) is 20.9. The van der Waals surface area contributed by atoms with E-state index in [0.717, 1.165) is 22.5 Å². The van der Waals surface area contributed by atoms with Crippen molar-refractivity contribution in [1.82, 2.24) is 9.97 Å². The molecule has 1 amide bonds. The van der Waals surface area contributed by atoms with Crippen molar-refractivity contribution in [3.05, 3.63) is 88.9 Å². The Morgan fingerprint density at radius 2 is 1.58 bits per heavy atom. The molecule has 2 N–H and O–H groups in total. The quantitative estimate of drug-likeness (QED) is 0.295. The number of H-pyrrole nitrogens is 1. The molecule has 31 heavy (non-hydrogen) atoms. The Morgan fingerprint density at radius 3 is 2.23 bits per heavy atom. The number of hydrogen-bond donors (Lipinski definition) is 2. The van der Waals surface area contributed by atoms with E-state index in [-0.39, 0.29) is 11.2 Å². The number of carbonyl (C=O) groups is 1. The molecular formula is C24H19Cl2N3OS. The Morgan fingerprint density at radius 1 is 0.935 bits per heavy atom. The van der Waals surface area contributed by atoms with Crippen LogP contribution < -0.4 is 5.32 Å². The van der Waals surface area contributed by atoms with E-state index in [1.165, 1.54) is 11.8 Å². The molecule has 0 spiro atoms. The van der Waals surface area contributed by atoms with Gasteiger partial charge in [-0.05, 0) is 25.1 Å². The molecule has 0 aliphatic heterocycles. The molecule has 0 saturated heterocycles. The first kappa shape index (κ1) is 21.5. The fourth-order valence-corrected chi connectivity index (χ4v) is 4.17. The van der Waals surface area contributed by atoms with E-state index in [1.54, 1.807) is 18.2 Å². The summed E-state index contributed by atoms with van der Waals surface area (Å²) in [5, 5.41) is 4.00. The van der Waals surface area contributed by atoms with Crippen LogP contribution in [0.2, 0.25) is 10.0 Å². The van der Waals surface area contributed by atoms with E-state index >= 15 is 0 Å². The lowest BCUT2D eigenvalue weighted by atomic mass is 10.1. The van der Waals surface area contributed by atoms with Gasteiger partial charge in [-0.1, -0.05) is 95.6 Å². The molecule has 0 bridgehead atoms. The molecule has 1 atom stereocenters. The number of nitrogens with zero attached hydrogens (tertiary/aromatic N) is 1. The summed E-state index contributed by atoms with van der Waals surface area (Å²) < 4.78 is 0. The van der Waals surface area contributed by atoms with Gasteiger partial charge in [0.1, 0.15) is 0 Å². The first-order chi connectivity index (χ1) is 15.0. The van der Waals surface area contributed by atoms with E-state index < -0.39 is 0 Å². The molecule has 1 unspecified atom stereocenters. The highest BCUT2D eigenvalue weighted by atomic mass is 35.5. The lowest BCUT2D eigenvalue weighted by Gasteiger charge is -2.11. The number of rotatable bonds is 6. The number of thioether (sulfide) groups is 1. The van der Waals surface area contributed by atoms with Gasteiger partial charge in [0.15, 0.2) is 5.16 Å². The molecular weight excluding hydrogens is 449 g/mol. The first-order valence-electron chi connectivity index (χ1n) is 9.64. The van der Waals surface area contributed by atoms with Gasteiger partial charge in [-0.15, -0.1) is 0 Å². The van der Waals surface area contributed by atoms with Gasteiger partial charge in [0.2, 0.25) is 5.91 Å². The highest BCUT2D eigenvalue weighted by Crippen LogP contribution is 2.34. The van der Waals surface area contributed by atoms with Crippen molar-refractivity contribution in [1.29, 1.82) is 0 Å². The smallest absolute Gasteiger partial charge is 0.237 e. The first-order valence-corrected chi connectivity index (χ1v) is 11.3. The maximum Gasteiger partial charge on any atom is 0.237 e. The Bertz CT molecular complexity index is 1140. The number of anilines is 1. The minimum absolute atomic E-state index is 0.151. The van der Waals surface area contributed by atoms with Crippen LogP contribution in [0.15, 0.2) is 84.0 Å². The predicted molar refractivity (Wildman–Crippen MR) is 130 cm³/mol. The second-order valence-electron chi connectivity index (χ2n) is 6.88. The predicted octanol–water partition coefficient (Wildman–Crippen LogP) is 7.17. The van der Waals surface area contributed by atoms with Crippen molar-refractivity contribution in [3.8, 4) is 22.5 Å². The van der Waals surface area contributed by atoms with Crippen LogP contribution in [0.3, 0.4) is 0 Å². The maximum absolute atomic E-state index is 12.7. The van der Waals surface area contributed by atoms with Crippen molar-refractivity contribution in [2.24, 2.45) is 0 Å². The normalized spacial score (nSPS) is 11.8. The van der Waals surface area contributed by atoms with Gasteiger partial charge >= 0.3 is 0 Å². The molecule has 0 saturated carbocycles. The average Bonchev–Trinajstić information content (AvgIpc) is 3.21. The molecule has 156 valence electrons. The Hall–Kier alpha value is -2.73. The number of nitrogens with one attached hydrogen (secondary N) is 2. The summed E-state index contributed by atoms with van der Waals surface area (Å²) in [5.74, 6) is -0.151. The lowest BCUT2D eigenvalue weighted by molar-refractivity contribution is -0.115. The van der Waals surface area contributed by atoms with Gasteiger partial charge in [0.05, 0.1) is 26.7 Å². The number of aromatic nitrogens is 2. The number of hydrogen-bond acceptors (Lipinski definition) is 3. The summed E-state index contributed by atoms with van der Waals surface area (Å²) in [6, 6.07) is 25.0. The van der Waals surface area contributed by atoms with Crippen LogP contribution >= 0.6 is 35.0 Å². The van der Waals surface area contributed by atoms with Crippen LogP contribution in [-0.4, -0.2) is 21.1 Å². The molecule has 0 aliphatic rings. The molecule has 3 aromatic carbocycles. The minimum Gasteiger partial charge on any atom is -0.332 e. The molecule has 4 aromatic rings. The topological polar surface area (TPSA) is 57.8 Å². The third-order valence-corrected chi connectivity index (χ3v) is 6.36. The standard InChI is InChI=1S/C24H19Cl2N3OS/c1-15(23(30)27-18-12-13-19(25)20(26)14-18)31-24-28-21(16-8-4-2-5-9-16)22(29-24)17-10-6-3-7-11-17/h2-15H,1H3,(H,27,30)(H,28,29). The average molecular weight is 468 g/mol. The van der Waals surface area contributed by atoms with Gasteiger partial charge in [-0.2, -0.15) is 0 Å². The highest BCUT2D eigenvalue weighted by molar-refractivity contribution is 8.00. The van der Waals surface area contributed by atoms with Gasteiger partial charge in [0.25, 0.3) is 0 Å². The highest BCUT2D eigenvalue weighted by Gasteiger charge is 2.20. The molecule has 0 aliphatic carbocycles. The number of halogens is 2. The van der Waals surface area contributed by atoms with Crippen LogP contribution in [0, 0.1) is 0 Å². The van der Waals surface area contributed by atoms with E-state index in [1.807, 2.05) is 67.6 Å². The van der Waals surface area contributed by atoms with Crippen LogP contribution in [0.5, 0.6) is 0 Å². The minimum atomic E-state index is -0.382. The maximum atomic E-state index is 12.7. The molecule has 1 heterocycles. The van der Waals surface area contributed by atoms with Crippen molar-refractivity contribution in [2.75, 3.05) is 5.32 Å². The molecule has 4 nitrogen and oxygen atoms in total. The van der Waals surface area contributed by atoms with Crippen LogP contribution in [0.1, 0.15) is 6.92 Å². The summed E-state index contributed by atoms with van der Waals surface area (Å²) in [6.07, 6.45) is 0. The van der Waals surface area contributed by atoms with Gasteiger partial charge in [-0.3, -0.25) is 4.79 Å². The van der Waals surface area contributed by atoms with Crippen LogP contribution in [-0.2, 0) is 4.79 Å². The number of imidazole rings is 1. The summed E-state index contributed by atoms with van der Waals surface area (Å²) in [7, 11) is 0. The number of benzene rings is 3. The second kappa shape index (κ2) is 9.60. The summed E-state index contributed by atoms with van der Waals surface area (Å²) >= 11 is 13.3. The SMILES string of the molecule is CC(Sc1nc(-c2ccccc2)c(-c2ccccc2)[nH]1)C(=O)Nc1ccc(Cl)c(Cl)c1. The second-order valence-corrected chi connectivity index (χ2v) is 9.02. The third-order valence-electron chi connectivity index (χ3n) is 4.64. The summed E-state index contributed by atoms with van der Waals surface area (Å²) in [5.41, 5.74) is 4.42. The molecule has 0 fully saturated rings. The van der Waals surface area contributed by atoms with Gasteiger partial charge in [-0.25, -0.2) is 4.98 Å². The van der Waals surface area contributed by atoms with Crippen molar-refractivity contribution in [2.45, 2.75) is 17.3 Å². The third kappa shape index (κ3) is 5.13. The Kier molecular flexibility index (Phi) is 6.66. The zero-order valence-corrected chi connectivity index (χ0v) is 18.9. The number of amides is 1. The van der Waals surface area contributed by atoms with Crippen molar-refractivity contribution < 1.29 is 4.79 Å². The zero-order chi connectivity index (χ0) is 21.8. The number of carbonyl (C=O) groups excluding carboxylic acids is 1. The van der Waals surface area contributed by atoms with E-state index in [9.17, 15) is 4.79 Å². The van der Waals surface area contributed by atoms with Gasteiger partial charge in [0, 0.05) is 16.8 Å². The van der Waals surface area contributed by atoms with Crippen molar-refractivity contribution >= 4 is 46.6 Å². The lowest BCUT2D eigenvalue weighted by Crippen LogP contribution is -2.22. The molecule has 0 radical (unpaired) electrons. The molecule has 1 aromatic heterocycles. The largest absolute Gasteiger partial charge is 0.332 e. The zero-order valence-electron chi connectivity index (χ0n) is 16.6. The fourth-order valence-electron chi connectivity index (χ4n) is 3.06. The molecule has 4 rings (SSSR count). The Balaban J connectivity index is 1.57. The Labute approximate surface area is 195 Å². The van der Waals surface area contributed by atoms with E-state index in [0.29, 0.717) is 20.9 Å². The number of aromatic amines is 1.